The van der Waals surface area contributed by atoms with Crippen LogP contribution < -0.4 is 10.6 Å². The van der Waals surface area contributed by atoms with E-state index in [0.717, 1.165) is 24.9 Å². The summed E-state index contributed by atoms with van der Waals surface area (Å²) in [7, 11) is 0. The molecule has 1 aromatic carbocycles. The van der Waals surface area contributed by atoms with Crippen LogP contribution in [0, 0.1) is 29.1 Å². The molecule has 1 atom stereocenters. The number of amides is 2. The van der Waals surface area contributed by atoms with Crippen molar-refractivity contribution >= 4 is 17.5 Å². The van der Waals surface area contributed by atoms with Gasteiger partial charge in [0.2, 0.25) is 11.8 Å². The Kier molecular flexibility index (Phi) is 5.07. The second kappa shape index (κ2) is 7.77. The fraction of sp³-hybridized carbons (Fsp3) is 0.583. The van der Waals surface area contributed by atoms with Crippen LogP contribution in [0.25, 0.3) is 5.69 Å². The number of nitrogens with one attached hydrogen (secondary N) is 2. The molecule has 164 valence electrons. The third kappa shape index (κ3) is 3.86. The molecule has 4 saturated carbocycles. The summed E-state index contributed by atoms with van der Waals surface area (Å²) in [6.07, 6.45) is 10.2. The molecule has 7 nitrogen and oxygen atoms in total. The van der Waals surface area contributed by atoms with Gasteiger partial charge in [0.05, 0.1) is 18.1 Å². The molecule has 1 heterocycles. The fourth-order valence-corrected chi connectivity index (χ4v) is 6.51. The summed E-state index contributed by atoms with van der Waals surface area (Å²) < 4.78 is 1.64. The highest BCUT2D eigenvalue weighted by Crippen LogP contribution is 2.60. The number of carbonyl (C=O) groups is 2. The van der Waals surface area contributed by atoms with Crippen molar-refractivity contribution in [3.05, 3.63) is 36.7 Å². The second-order valence-electron chi connectivity index (χ2n) is 10.3. The molecule has 4 bridgehead atoms. The highest BCUT2D eigenvalue weighted by atomic mass is 16.2. The maximum atomic E-state index is 13.5. The van der Waals surface area contributed by atoms with Crippen LogP contribution in [0.4, 0.5) is 5.69 Å². The van der Waals surface area contributed by atoms with Crippen molar-refractivity contribution in [3.8, 4) is 5.69 Å². The zero-order valence-corrected chi connectivity index (χ0v) is 18.3. The minimum Gasteiger partial charge on any atom is -0.344 e. The monoisotopic (exact) mass is 421 g/mol. The van der Waals surface area contributed by atoms with E-state index in [1.807, 2.05) is 38.1 Å². The van der Waals surface area contributed by atoms with Crippen LogP contribution in [0.5, 0.6) is 0 Å². The minimum atomic E-state index is -0.560. The molecule has 0 aliphatic heterocycles. The van der Waals surface area contributed by atoms with Crippen LogP contribution in [0.3, 0.4) is 0 Å². The second-order valence-corrected chi connectivity index (χ2v) is 10.3. The topological polar surface area (TPSA) is 88.9 Å². The molecule has 31 heavy (non-hydrogen) atoms. The first-order valence-electron chi connectivity index (χ1n) is 11.5. The van der Waals surface area contributed by atoms with E-state index in [1.54, 1.807) is 17.1 Å². The van der Waals surface area contributed by atoms with Crippen LogP contribution in [0.15, 0.2) is 36.7 Å². The normalized spacial score (nSPS) is 29.7. The minimum absolute atomic E-state index is 0.00337. The van der Waals surface area contributed by atoms with Gasteiger partial charge in [0.15, 0.2) is 0 Å². The van der Waals surface area contributed by atoms with Crippen LogP contribution in [-0.2, 0) is 9.59 Å². The highest BCUT2D eigenvalue weighted by Gasteiger charge is 2.55. The number of hydrogen-bond donors (Lipinski definition) is 2. The number of rotatable bonds is 6. The zero-order valence-electron chi connectivity index (χ0n) is 18.3. The molecule has 2 aromatic rings. The molecular formula is C24H31N5O2. The Morgan fingerprint density at radius 1 is 1.10 bits per heavy atom. The van der Waals surface area contributed by atoms with Crippen molar-refractivity contribution in [1.29, 1.82) is 0 Å². The van der Waals surface area contributed by atoms with E-state index in [-0.39, 0.29) is 23.1 Å². The lowest BCUT2D eigenvalue weighted by Gasteiger charge is -2.55. The van der Waals surface area contributed by atoms with E-state index in [2.05, 4.69) is 20.9 Å². The molecule has 0 saturated heterocycles. The molecule has 1 unspecified atom stereocenters. The molecule has 4 aliphatic rings. The van der Waals surface area contributed by atoms with Crippen LogP contribution >= 0.6 is 0 Å². The lowest BCUT2D eigenvalue weighted by Crippen LogP contribution is -2.57. The van der Waals surface area contributed by atoms with Crippen LogP contribution in [-0.4, -0.2) is 32.9 Å². The van der Waals surface area contributed by atoms with Crippen molar-refractivity contribution in [2.75, 3.05) is 5.32 Å². The summed E-state index contributed by atoms with van der Waals surface area (Å²) in [5.41, 5.74) is 1.23. The molecular weight excluding hydrogens is 390 g/mol. The molecule has 1 aromatic heterocycles. The van der Waals surface area contributed by atoms with Gasteiger partial charge in [-0.05, 0) is 80.4 Å². The van der Waals surface area contributed by atoms with E-state index in [0.29, 0.717) is 23.4 Å². The third-order valence-corrected chi connectivity index (χ3v) is 7.56. The highest BCUT2D eigenvalue weighted by molar-refractivity contribution is 5.98. The number of hydrogen-bond acceptors (Lipinski definition) is 4. The Morgan fingerprint density at radius 3 is 2.35 bits per heavy atom. The van der Waals surface area contributed by atoms with Crippen molar-refractivity contribution in [2.24, 2.45) is 29.1 Å². The van der Waals surface area contributed by atoms with Gasteiger partial charge in [0.1, 0.15) is 6.04 Å². The Hall–Kier alpha value is -2.70. The van der Waals surface area contributed by atoms with Gasteiger partial charge in [-0.2, -0.15) is 0 Å². The third-order valence-electron chi connectivity index (χ3n) is 7.56. The number of benzene rings is 1. The smallest absolute Gasteiger partial charge is 0.247 e. The lowest BCUT2D eigenvalue weighted by atomic mass is 9.49. The average Bonchev–Trinajstić information content (AvgIpc) is 3.25. The number of carbonyl (C=O) groups excluding carboxylic acids is 2. The van der Waals surface area contributed by atoms with Gasteiger partial charge < -0.3 is 10.6 Å². The predicted molar refractivity (Wildman–Crippen MR) is 117 cm³/mol. The van der Waals surface area contributed by atoms with Crippen molar-refractivity contribution in [2.45, 2.75) is 58.4 Å². The van der Waals surface area contributed by atoms with Crippen molar-refractivity contribution in [3.63, 3.8) is 0 Å². The number of aromatic nitrogens is 3. The molecule has 6 rings (SSSR count). The summed E-state index contributed by atoms with van der Waals surface area (Å²) in [5, 5.41) is 14.0. The zero-order chi connectivity index (χ0) is 21.6. The molecule has 0 spiro atoms. The Morgan fingerprint density at radius 2 is 1.77 bits per heavy atom. The largest absolute Gasteiger partial charge is 0.344 e. The maximum absolute atomic E-state index is 13.5. The molecule has 7 heteroatoms. The van der Waals surface area contributed by atoms with Crippen LogP contribution in [0.1, 0.15) is 52.4 Å². The number of nitrogens with zero attached hydrogens (tertiary/aromatic N) is 3. The van der Waals surface area contributed by atoms with Gasteiger partial charge in [-0.3, -0.25) is 9.59 Å². The van der Waals surface area contributed by atoms with E-state index in [4.69, 9.17) is 0 Å². The lowest BCUT2D eigenvalue weighted by molar-refractivity contribution is -0.148. The quantitative estimate of drug-likeness (QED) is 0.746. The van der Waals surface area contributed by atoms with E-state index in [9.17, 15) is 9.59 Å². The van der Waals surface area contributed by atoms with Crippen molar-refractivity contribution < 1.29 is 9.59 Å². The summed E-state index contributed by atoms with van der Waals surface area (Å²) in [6, 6.07) is 6.90. The average molecular weight is 422 g/mol. The first-order valence-corrected chi connectivity index (χ1v) is 11.5. The first-order chi connectivity index (χ1) is 14.9. The first kappa shape index (κ1) is 20.2. The van der Waals surface area contributed by atoms with Gasteiger partial charge in [-0.1, -0.05) is 25.1 Å². The molecule has 4 fully saturated rings. The Bertz CT molecular complexity index is 933. The van der Waals surface area contributed by atoms with Crippen molar-refractivity contribution in [1.82, 2.24) is 20.3 Å². The summed E-state index contributed by atoms with van der Waals surface area (Å²) >= 11 is 0. The van der Waals surface area contributed by atoms with E-state index < -0.39 is 6.04 Å². The summed E-state index contributed by atoms with van der Waals surface area (Å²) in [4.78, 5) is 26.6. The molecule has 2 amide bonds. The SMILES string of the molecule is CC(C)C(NC(=O)C12CC3CC(CC(C3)C1)C2)C(=O)Nc1cccc(-n2ccnn2)c1. The van der Waals surface area contributed by atoms with Gasteiger partial charge in [-0.25, -0.2) is 4.68 Å². The van der Waals surface area contributed by atoms with Gasteiger partial charge in [0, 0.05) is 11.1 Å². The van der Waals surface area contributed by atoms with Gasteiger partial charge in [-0.15, -0.1) is 5.10 Å². The summed E-state index contributed by atoms with van der Waals surface area (Å²) in [5.74, 6) is 2.01. The van der Waals surface area contributed by atoms with Crippen LogP contribution in [0.2, 0.25) is 0 Å². The summed E-state index contributed by atoms with van der Waals surface area (Å²) in [6.45, 7) is 3.96. The predicted octanol–water partition coefficient (Wildman–Crippen LogP) is 3.56. The Labute approximate surface area is 183 Å². The van der Waals surface area contributed by atoms with Gasteiger partial charge in [0.25, 0.3) is 0 Å². The molecule has 4 aliphatic carbocycles. The Balaban J connectivity index is 1.29. The number of anilines is 1. The van der Waals surface area contributed by atoms with E-state index >= 15 is 0 Å². The maximum Gasteiger partial charge on any atom is 0.247 e. The molecule has 0 radical (unpaired) electrons. The fourth-order valence-electron chi connectivity index (χ4n) is 6.51. The standard InChI is InChI=1S/C24H31N5O2/c1-15(2)21(22(30)26-19-4-3-5-20(11-19)29-7-6-25-28-29)27-23(31)24-12-16-8-17(13-24)10-18(9-16)14-24/h3-7,11,15-18,21H,8-10,12-14H2,1-2H3,(H,26,30)(H,27,31). The van der Waals surface area contributed by atoms with Gasteiger partial charge >= 0.3 is 0 Å². The molecule has 2 N–H and O–H groups in total. The van der Waals surface area contributed by atoms with E-state index in [1.165, 1.54) is 19.3 Å².